The summed E-state index contributed by atoms with van der Waals surface area (Å²) in [7, 11) is -1.33. The summed E-state index contributed by atoms with van der Waals surface area (Å²) < 4.78 is 25.5. The first-order valence-corrected chi connectivity index (χ1v) is 10.5. The fraction of sp³-hybridized carbons (Fsp3) is 0.588. The minimum atomic E-state index is -3.05. The molecule has 2 aromatic heterocycles. The molecule has 10 heteroatoms. The van der Waals surface area contributed by atoms with Crippen LogP contribution in [0.25, 0.3) is 5.65 Å². The average molecular weight is 506 g/mol. The van der Waals surface area contributed by atoms with Crippen LogP contribution in [-0.2, 0) is 16.3 Å². The lowest BCUT2D eigenvalue weighted by atomic mass is 10.2. The molecule has 0 aromatic carbocycles. The number of pyridine rings is 1. The van der Waals surface area contributed by atoms with E-state index in [0.29, 0.717) is 13.1 Å². The maximum Gasteiger partial charge on any atom is 0.193 e. The molecule has 3 rings (SSSR count). The Labute approximate surface area is 177 Å². The third kappa shape index (κ3) is 4.71. The number of hydrogen-bond donors (Lipinski definition) is 1. The molecule has 0 bridgehead atoms. The molecule has 0 aliphatic carbocycles. The van der Waals surface area contributed by atoms with Crippen molar-refractivity contribution in [1.29, 1.82) is 0 Å². The van der Waals surface area contributed by atoms with E-state index in [0.717, 1.165) is 36.8 Å². The monoisotopic (exact) mass is 506 g/mol. The first-order valence-electron chi connectivity index (χ1n) is 8.80. The van der Waals surface area contributed by atoms with Crippen molar-refractivity contribution in [2.75, 3.05) is 32.4 Å². The quantitative estimate of drug-likeness (QED) is 0.292. The van der Waals surface area contributed by atoms with Crippen molar-refractivity contribution in [1.82, 2.24) is 24.8 Å². The van der Waals surface area contributed by atoms with Gasteiger partial charge in [0.1, 0.15) is 5.82 Å². The predicted octanol–water partition coefficient (Wildman–Crippen LogP) is 1.36. The Morgan fingerprint density at radius 1 is 1.33 bits per heavy atom. The first kappa shape index (κ1) is 21.9. The number of sulfone groups is 1. The van der Waals surface area contributed by atoms with Crippen LogP contribution >= 0.6 is 24.0 Å². The summed E-state index contributed by atoms with van der Waals surface area (Å²) in [6.07, 6.45) is 3.65. The van der Waals surface area contributed by atoms with Gasteiger partial charge < -0.3 is 10.2 Å². The van der Waals surface area contributed by atoms with E-state index < -0.39 is 14.6 Å². The predicted molar refractivity (Wildman–Crippen MR) is 118 cm³/mol. The molecule has 0 radical (unpaired) electrons. The van der Waals surface area contributed by atoms with Gasteiger partial charge in [0, 0.05) is 39.3 Å². The van der Waals surface area contributed by atoms with Crippen molar-refractivity contribution in [2.24, 2.45) is 4.99 Å². The van der Waals surface area contributed by atoms with E-state index in [1.807, 2.05) is 33.7 Å². The normalized spacial score (nSPS) is 18.9. The lowest BCUT2D eigenvalue weighted by Crippen LogP contribution is -2.57. The number of aryl methyl sites for hydroxylation is 1. The largest absolute Gasteiger partial charge is 0.356 e. The van der Waals surface area contributed by atoms with Crippen LogP contribution in [-0.4, -0.2) is 71.1 Å². The fourth-order valence-electron chi connectivity index (χ4n) is 3.16. The third-order valence-electron chi connectivity index (χ3n) is 4.80. The number of aliphatic imine (C=N–C) groups is 1. The van der Waals surface area contributed by atoms with Gasteiger partial charge in [-0.3, -0.25) is 9.39 Å². The van der Waals surface area contributed by atoms with Gasteiger partial charge >= 0.3 is 0 Å². The van der Waals surface area contributed by atoms with Crippen LogP contribution in [0.5, 0.6) is 0 Å². The zero-order valence-electron chi connectivity index (χ0n) is 15.9. The number of hydrogen-bond acceptors (Lipinski definition) is 5. The fourth-order valence-corrected chi connectivity index (χ4v) is 4.53. The summed E-state index contributed by atoms with van der Waals surface area (Å²) in [6.45, 7) is 5.21. The summed E-state index contributed by atoms with van der Waals surface area (Å²) in [5.41, 5.74) is 0.850. The molecule has 27 heavy (non-hydrogen) atoms. The molecule has 1 saturated heterocycles. The Morgan fingerprint density at radius 3 is 2.81 bits per heavy atom. The van der Waals surface area contributed by atoms with Crippen LogP contribution in [0, 0.1) is 0 Å². The van der Waals surface area contributed by atoms with Gasteiger partial charge in [-0.05, 0) is 32.4 Å². The molecule has 1 fully saturated rings. The van der Waals surface area contributed by atoms with Crippen LogP contribution in [0.15, 0.2) is 29.4 Å². The third-order valence-corrected chi connectivity index (χ3v) is 7.33. The molecule has 0 atom stereocenters. The molecule has 0 spiro atoms. The summed E-state index contributed by atoms with van der Waals surface area (Å²) in [5.74, 6) is 1.84. The number of nitrogens with one attached hydrogen (secondary N) is 1. The van der Waals surface area contributed by atoms with E-state index >= 15 is 0 Å². The average Bonchev–Trinajstić information content (AvgIpc) is 3.01. The summed E-state index contributed by atoms with van der Waals surface area (Å²) in [4.78, 5) is 6.33. The molecule has 8 nitrogen and oxygen atoms in total. The van der Waals surface area contributed by atoms with Crippen molar-refractivity contribution < 1.29 is 8.42 Å². The minimum Gasteiger partial charge on any atom is -0.356 e. The SMILES string of the molecule is CN=C(NCCCc1nnc2ccccn12)N1CCS(=O)(=O)C(C)(C)C1.I. The van der Waals surface area contributed by atoms with E-state index in [9.17, 15) is 8.42 Å². The highest BCUT2D eigenvalue weighted by atomic mass is 127. The van der Waals surface area contributed by atoms with Gasteiger partial charge in [-0.2, -0.15) is 0 Å². The molecule has 1 N–H and O–H groups in total. The number of fused-ring (bicyclic) bond motifs is 1. The molecular weight excluding hydrogens is 479 g/mol. The lowest BCUT2D eigenvalue weighted by Gasteiger charge is -2.39. The molecule has 150 valence electrons. The Bertz CT molecular complexity index is 909. The number of nitrogens with zero attached hydrogens (tertiary/aromatic N) is 5. The molecular formula is C17H27IN6O2S. The molecule has 2 aromatic rings. The van der Waals surface area contributed by atoms with Gasteiger partial charge in [0.25, 0.3) is 0 Å². The van der Waals surface area contributed by atoms with Gasteiger partial charge in [0.05, 0.1) is 10.5 Å². The zero-order chi connectivity index (χ0) is 18.8. The Kier molecular flexibility index (Phi) is 7.06. The van der Waals surface area contributed by atoms with Crippen LogP contribution in [0.1, 0.15) is 26.1 Å². The highest BCUT2D eigenvalue weighted by Gasteiger charge is 2.40. The van der Waals surface area contributed by atoms with Crippen LogP contribution in [0.3, 0.4) is 0 Å². The van der Waals surface area contributed by atoms with Crippen molar-refractivity contribution in [3.05, 3.63) is 30.2 Å². The van der Waals surface area contributed by atoms with E-state index in [4.69, 9.17) is 0 Å². The molecule has 3 heterocycles. The second-order valence-corrected chi connectivity index (χ2v) is 9.87. The molecule has 0 amide bonds. The molecule has 0 unspecified atom stereocenters. The van der Waals surface area contributed by atoms with Crippen molar-refractivity contribution in [3.63, 3.8) is 0 Å². The topological polar surface area (TPSA) is 92.0 Å². The highest BCUT2D eigenvalue weighted by Crippen LogP contribution is 2.23. The molecule has 0 saturated carbocycles. The number of guanidine groups is 1. The van der Waals surface area contributed by atoms with Gasteiger partial charge in [-0.15, -0.1) is 34.2 Å². The van der Waals surface area contributed by atoms with E-state index in [1.165, 1.54) is 0 Å². The number of aromatic nitrogens is 3. The van der Waals surface area contributed by atoms with Crippen molar-refractivity contribution >= 4 is 45.4 Å². The second kappa shape index (κ2) is 8.72. The van der Waals surface area contributed by atoms with Gasteiger partial charge in [0.2, 0.25) is 0 Å². The summed E-state index contributed by atoms with van der Waals surface area (Å²) >= 11 is 0. The van der Waals surface area contributed by atoms with E-state index in [2.05, 4.69) is 20.5 Å². The van der Waals surface area contributed by atoms with E-state index in [-0.39, 0.29) is 29.7 Å². The Morgan fingerprint density at radius 2 is 2.11 bits per heavy atom. The molecule has 1 aliphatic rings. The lowest BCUT2D eigenvalue weighted by molar-refractivity contribution is 0.353. The van der Waals surface area contributed by atoms with Crippen LogP contribution < -0.4 is 5.32 Å². The van der Waals surface area contributed by atoms with Crippen molar-refractivity contribution in [2.45, 2.75) is 31.4 Å². The Balaban J connectivity index is 0.00000261. The maximum atomic E-state index is 12.2. The second-order valence-electron chi connectivity index (χ2n) is 7.12. The van der Waals surface area contributed by atoms with Gasteiger partial charge in [0.15, 0.2) is 21.4 Å². The van der Waals surface area contributed by atoms with E-state index in [1.54, 1.807) is 20.9 Å². The smallest absolute Gasteiger partial charge is 0.193 e. The van der Waals surface area contributed by atoms with Gasteiger partial charge in [-0.1, -0.05) is 6.07 Å². The maximum absolute atomic E-state index is 12.2. The van der Waals surface area contributed by atoms with Gasteiger partial charge in [-0.25, -0.2) is 8.42 Å². The summed E-state index contributed by atoms with van der Waals surface area (Å²) in [6, 6.07) is 5.84. The van der Waals surface area contributed by atoms with Crippen molar-refractivity contribution in [3.8, 4) is 0 Å². The summed E-state index contributed by atoms with van der Waals surface area (Å²) in [5, 5.41) is 11.7. The zero-order valence-corrected chi connectivity index (χ0v) is 19.1. The molecule has 1 aliphatic heterocycles. The number of halogens is 1. The van der Waals surface area contributed by atoms with Crippen LogP contribution in [0.4, 0.5) is 0 Å². The first-order chi connectivity index (χ1) is 12.3. The number of rotatable bonds is 4. The standard InChI is InChI=1S/C17H26N6O2S.HI/c1-17(2)13-22(11-12-26(17,24)25)16(18-3)19-9-6-8-15-21-20-14-7-4-5-10-23(14)15;/h4-5,7,10H,6,8-9,11-13H2,1-3H3,(H,18,19);1H. The van der Waals surface area contributed by atoms with Crippen LogP contribution in [0.2, 0.25) is 0 Å². The Hall–Kier alpha value is -1.43. The highest BCUT2D eigenvalue weighted by molar-refractivity contribution is 14.0. The minimum absolute atomic E-state index is 0.